The molecule has 4 nitrogen and oxygen atoms in total. The molecule has 0 aliphatic carbocycles. The molecular formula is C11H14ClFN2O2. The molecule has 0 saturated heterocycles. The summed E-state index contributed by atoms with van der Waals surface area (Å²) in [6, 6.07) is 1.47. The van der Waals surface area contributed by atoms with Crippen LogP contribution in [0.15, 0.2) is 18.5 Å². The van der Waals surface area contributed by atoms with Gasteiger partial charge in [-0.2, -0.15) is 0 Å². The highest BCUT2D eigenvalue weighted by Crippen LogP contribution is 2.14. The maximum Gasteiger partial charge on any atom is 0.254 e. The van der Waals surface area contributed by atoms with Crippen LogP contribution in [-0.2, 0) is 0 Å². The number of hydrogen-bond donors (Lipinski definition) is 2. The first kappa shape index (κ1) is 13.9. The van der Waals surface area contributed by atoms with Crippen molar-refractivity contribution in [3.05, 3.63) is 29.0 Å². The molecule has 17 heavy (non-hydrogen) atoms. The number of amides is 1. The molecule has 0 fully saturated rings. The summed E-state index contributed by atoms with van der Waals surface area (Å²) in [6.07, 6.45) is 1.20. The number of nitrogens with one attached hydrogen (secondary N) is 1. The first-order valence-corrected chi connectivity index (χ1v) is 5.44. The summed E-state index contributed by atoms with van der Waals surface area (Å²) in [7, 11) is 0. The zero-order valence-electron chi connectivity index (χ0n) is 9.58. The second kappa shape index (κ2) is 5.42. The standard InChI is InChI=1S/C11H14ClFN2O2/c1-11(2,17)9(13)6-15-10(16)7-5-14-4-3-8(7)12/h3-5,9,17H,6H2,1-2H3,(H,15,16)/t9-/m1/s1. The van der Waals surface area contributed by atoms with Crippen LogP contribution in [0.1, 0.15) is 24.2 Å². The van der Waals surface area contributed by atoms with E-state index in [2.05, 4.69) is 10.3 Å². The van der Waals surface area contributed by atoms with Gasteiger partial charge in [0.05, 0.1) is 22.7 Å². The Bertz CT molecular complexity index is 407. The fourth-order valence-electron chi connectivity index (χ4n) is 1.07. The monoisotopic (exact) mass is 260 g/mol. The molecule has 1 aromatic rings. The molecule has 0 aromatic carbocycles. The molecule has 0 radical (unpaired) electrons. The topological polar surface area (TPSA) is 62.2 Å². The molecule has 1 amide bonds. The second-order valence-electron chi connectivity index (χ2n) is 4.19. The second-order valence-corrected chi connectivity index (χ2v) is 4.59. The van der Waals surface area contributed by atoms with E-state index < -0.39 is 17.7 Å². The zero-order valence-corrected chi connectivity index (χ0v) is 10.3. The van der Waals surface area contributed by atoms with Gasteiger partial charge in [-0.1, -0.05) is 11.6 Å². The van der Waals surface area contributed by atoms with Gasteiger partial charge >= 0.3 is 0 Å². The predicted octanol–water partition coefficient (Wildman–Crippen LogP) is 1.57. The van der Waals surface area contributed by atoms with Gasteiger partial charge in [0.2, 0.25) is 0 Å². The Morgan fingerprint density at radius 2 is 2.35 bits per heavy atom. The third-order valence-electron chi connectivity index (χ3n) is 2.22. The maximum atomic E-state index is 13.4. The Morgan fingerprint density at radius 1 is 1.71 bits per heavy atom. The van der Waals surface area contributed by atoms with Crippen LogP contribution in [0.4, 0.5) is 4.39 Å². The Labute approximate surface area is 104 Å². The Balaban J connectivity index is 2.60. The molecule has 1 aromatic heterocycles. The number of rotatable bonds is 4. The highest BCUT2D eigenvalue weighted by molar-refractivity contribution is 6.33. The van der Waals surface area contributed by atoms with E-state index in [-0.39, 0.29) is 17.1 Å². The van der Waals surface area contributed by atoms with Crippen molar-refractivity contribution in [3.63, 3.8) is 0 Å². The van der Waals surface area contributed by atoms with E-state index in [1.807, 2.05) is 0 Å². The number of hydrogen-bond acceptors (Lipinski definition) is 3. The Kier molecular flexibility index (Phi) is 4.42. The van der Waals surface area contributed by atoms with Gasteiger partial charge in [0, 0.05) is 12.4 Å². The molecule has 1 atom stereocenters. The minimum Gasteiger partial charge on any atom is -0.387 e. The van der Waals surface area contributed by atoms with Gasteiger partial charge in [0.15, 0.2) is 0 Å². The molecule has 6 heteroatoms. The van der Waals surface area contributed by atoms with Crippen molar-refractivity contribution in [2.45, 2.75) is 25.6 Å². The van der Waals surface area contributed by atoms with Crippen LogP contribution < -0.4 is 5.32 Å². The molecule has 0 aliphatic heterocycles. The van der Waals surface area contributed by atoms with Crippen LogP contribution in [0.3, 0.4) is 0 Å². The summed E-state index contributed by atoms with van der Waals surface area (Å²) in [5, 5.41) is 12.0. The molecule has 0 spiro atoms. The van der Waals surface area contributed by atoms with E-state index in [4.69, 9.17) is 11.6 Å². The van der Waals surface area contributed by atoms with Crippen molar-refractivity contribution in [1.29, 1.82) is 0 Å². The van der Waals surface area contributed by atoms with E-state index in [1.54, 1.807) is 0 Å². The lowest BCUT2D eigenvalue weighted by atomic mass is 10.0. The van der Waals surface area contributed by atoms with Gasteiger partial charge < -0.3 is 10.4 Å². The van der Waals surface area contributed by atoms with E-state index in [1.165, 1.54) is 32.3 Å². The number of aromatic nitrogens is 1. The SMILES string of the molecule is CC(C)(O)[C@H](F)CNC(=O)c1cnccc1Cl. The van der Waals surface area contributed by atoms with Crippen LogP contribution in [-0.4, -0.2) is 34.3 Å². The van der Waals surface area contributed by atoms with Crippen LogP contribution in [0, 0.1) is 0 Å². The predicted molar refractivity (Wildman–Crippen MR) is 62.8 cm³/mol. The molecule has 1 rings (SSSR count). The highest BCUT2D eigenvalue weighted by Gasteiger charge is 2.27. The number of nitrogens with zero attached hydrogens (tertiary/aromatic N) is 1. The Morgan fingerprint density at radius 3 is 2.88 bits per heavy atom. The van der Waals surface area contributed by atoms with Crippen molar-refractivity contribution in [3.8, 4) is 0 Å². The summed E-state index contributed by atoms with van der Waals surface area (Å²) in [5.74, 6) is -0.519. The molecule has 94 valence electrons. The number of pyridine rings is 1. The summed E-state index contributed by atoms with van der Waals surface area (Å²) < 4.78 is 13.4. The molecule has 0 unspecified atom stereocenters. The van der Waals surface area contributed by atoms with E-state index in [0.717, 1.165) is 0 Å². The molecule has 0 bridgehead atoms. The third kappa shape index (κ3) is 3.94. The summed E-state index contributed by atoms with van der Waals surface area (Å²) >= 11 is 5.78. The maximum absolute atomic E-state index is 13.4. The van der Waals surface area contributed by atoms with Gasteiger partial charge in [-0.25, -0.2) is 4.39 Å². The lowest BCUT2D eigenvalue weighted by Gasteiger charge is -2.22. The summed E-state index contributed by atoms with van der Waals surface area (Å²) in [4.78, 5) is 15.4. The average molecular weight is 261 g/mol. The van der Waals surface area contributed by atoms with Crippen LogP contribution in [0.25, 0.3) is 0 Å². The quantitative estimate of drug-likeness (QED) is 0.864. The van der Waals surface area contributed by atoms with Crippen molar-refractivity contribution in [1.82, 2.24) is 10.3 Å². The van der Waals surface area contributed by atoms with Crippen molar-refractivity contribution >= 4 is 17.5 Å². The number of halogens is 2. The van der Waals surface area contributed by atoms with Crippen LogP contribution in [0.5, 0.6) is 0 Å². The van der Waals surface area contributed by atoms with Gasteiger partial charge in [-0.15, -0.1) is 0 Å². The third-order valence-corrected chi connectivity index (χ3v) is 2.55. The normalized spacial score (nSPS) is 13.2. The van der Waals surface area contributed by atoms with Crippen LogP contribution in [0.2, 0.25) is 5.02 Å². The smallest absolute Gasteiger partial charge is 0.254 e. The van der Waals surface area contributed by atoms with Crippen molar-refractivity contribution in [2.24, 2.45) is 0 Å². The zero-order chi connectivity index (χ0) is 13.1. The van der Waals surface area contributed by atoms with Gasteiger partial charge in [-0.3, -0.25) is 9.78 Å². The van der Waals surface area contributed by atoms with Crippen LogP contribution >= 0.6 is 11.6 Å². The fourth-order valence-corrected chi connectivity index (χ4v) is 1.26. The van der Waals surface area contributed by atoms with E-state index >= 15 is 0 Å². The lowest BCUT2D eigenvalue weighted by molar-refractivity contribution is -0.00177. The molecule has 0 aliphatic rings. The fraction of sp³-hybridized carbons (Fsp3) is 0.455. The largest absolute Gasteiger partial charge is 0.387 e. The van der Waals surface area contributed by atoms with Gasteiger partial charge in [0.1, 0.15) is 6.17 Å². The minimum atomic E-state index is -1.55. The highest BCUT2D eigenvalue weighted by atomic mass is 35.5. The summed E-state index contributed by atoms with van der Waals surface area (Å²) in [6.45, 7) is 2.38. The molecule has 1 heterocycles. The molecule has 2 N–H and O–H groups in total. The lowest BCUT2D eigenvalue weighted by Crippen LogP contribution is -2.42. The number of carbonyl (C=O) groups is 1. The average Bonchev–Trinajstić information content (AvgIpc) is 2.24. The van der Waals surface area contributed by atoms with E-state index in [9.17, 15) is 14.3 Å². The number of alkyl halides is 1. The van der Waals surface area contributed by atoms with E-state index in [0.29, 0.717) is 0 Å². The first-order valence-electron chi connectivity index (χ1n) is 5.06. The minimum absolute atomic E-state index is 0.178. The van der Waals surface area contributed by atoms with Gasteiger partial charge in [-0.05, 0) is 19.9 Å². The Hall–Kier alpha value is -1.20. The summed E-state index contributed by atoms with van der Waals surface area (Å²) in [5.41, 5.74) is -1.32. The van der Waals surface area contributed by atoms with Crippen molar-refractivity contribution in [2.75, 3.05) is 6.54 Å². The van der Waals surface area contributed by atoms with Crippen molar-refractivity contribution < 1.29 is 14.3 Å². The first-order chi connectivity index (χ1) is 7.82. The number of aliphatic hydroxyl groups is 1. The molecule has 0 saturated carbocycles. The number of carbonyl (C=O) groups excluding carboxylic acids is 1. The molecular weight excluding hydrogens is 247 g/mol. The van der Waals surface area contributed by atoms with Gasteiger partial charge in [0.25, 0.3) is 5.91 Å².